The van der Waals surface area contributed by atoms with Crippen LogP contribution in [0.15, 0.2) is 16.7 Å². The van der Waals surface area contributed by atoms with Crippen molar-refractivity contribution < 1.29 is 9.53 Å². The number of nitrogens with one attached hydrogen (secondary N) is 3. The van der Waals surface area contributed by atoms with Gasteiger partial charge in [-0.25, -0.2) is 0 Å². The molecule has 3 N–H and O–H groups in total. The molecule has 1 aliphatic heterocycles. The van der Waals surface area contributed by atoms with Gasteiger partial charge >= 0.3 is 0 Å². The first-order valence-electron chi connectivity index (χ1n) is 5.09. The first-order valence-corrected chi connectivity index (χ1v) is 5.88. The molecule has 2 rings (SSSR count). The van der Waals surface area contributed by atoms with E-state index in [4.69, 9.17) is 4.74 Å². The van der Waals surface area contributed by atoms with Crippen LogP contribution in [-0.2, 0) is 4.74 Å². The maximum Gasteiger partial charge on any atom is 0.268 e. The van der Waals surface area contributed by atoms with Gasteiger partial charge in [0, 0.05) is 30.9 Å². The van der Waals surface area contributed by atoms with Crippen molar-refractivity contribution in [3.8, 4) is 0 Å². The van der Waals surface area contributed by atoms with Crippen LogP contribution in [0.5, 0.6) is 0 Å². The molecule has 0 bridgehead atoms. The largest absolute Gasteiger partial charge is 0.378 e. The number of carbonyl (C=O) groups excluding carboxylic acids is 1. The molecule has 0 radical (unpaired) electrons. The summed E-state index contributed by atoms with van der Waals surface area (Å²) in [6.07, 6.45) is 1.78. The highest BCUT2D eigenvalue weighted by atomic mass is 79.9. The van der Waals surface area contributed by atoms with Crippen molar-refractivity contribution in [2.45, 2.75) is 12.1 Å². The summed E-state index contributed by atoms with van der Waals surface area (Å²) in [4.78, 5) is 14.7. The van der Waals surface area contributed by atoms with E-state index >= 15 is 0 Å². The van der Waals surface area contributed by atoms with Gasteiger partial charge in [-0.05, 0) is 22.0 Å². The van der Waals surface area contributed by atoms with Gasteiger partial charge in [0.1, 0.15) is 5.69 Å². The van der Waals surface area contributed by atoms with Crippen molar-refractivity contribution in [1.82, 2.24) is 15.6 Å². The van der Waals surface area contributed by atoms with Crippen molar-refractivity contribution in [1.29, 1.82) is 0 Å². The zero-order valence-electron chi connectivity index (χ0n) is 8.92. The van der Waals surface area contributed by atoms with Crippen LogP contribution >= 0.6 is 15.9 Å². The average Bonchev–Trinajstić information content (AvgIpc) is 2.86. The molecule has 1 aromatic rings. The van der Waals surface area contributed by atoms with Crippen molar-refractivity contribution >= 4 is 21.8 Å². The minimum absolute atomic E-state index is 0.0274. The Morgan fingerprint density at radius 2 is 2.44 bits per heavy atom. The van der Waals surface area contributed by atoms with E-state index in [2.05, 4.69) is 31.5 Å². The second-order valence-electron chi connectivity index (χ2n) is 3.74. The van der Waals surface area contributed by atoms with Gasteiger partial charge in [0.2, 0.25) is 0 Å². The number of H-pyrrole nitrogens is 1. The van der Waals surface area contributed by atoms with E-state index in [0.717, 1.165) is 17.6 Å². The lowest BCUT2D eigenvalue weighted by Gasteiger charge is -2.17. The van der Waals surface area contributed by atoms with Crippen LogP contribution in [0.4, 0.5) is 0 Å². The number of amides is 1. The smallest absolute Gasteiger partial charge is 0.268 e. The Bertz CT molecular complexity index is 380. The second kappa shape index (κ2) is 4.99. The number of rotatable bonds is 3. The van der Waals surface area contributed by atoms with Crippen LogP contribution in [0.2, 0.25) is 0 Å². The fraction of sp³-hybridized carbons (Fsp3) is 0.500. The molecule has 1 aromatic heterocycles. The Balaban J connectivity index is 1.97. The number of ether oxygens (including phenoxy) is 1. The van der Waals surface area contributed by atoms with Crippen molar-refractivity contribution in [2.24, 2.45) is 0 Å². The van der Waals surface area contributed by atoms with Gasteiger partial charge in [-0.15, -0.1) is 0 Å². The molecule has 2 heterocycles. The van der Waals surface area contributed by atoms with Gasteiger partial charge in [0.05, 0.1) is 12.1 Å². The van der Waals surface area contributed by atoms with Gasteiger partial charge in [-0.3, -0.25) is 4.79 Å². The average molecular weight is 288 g/mol. The third-order valence-corrected chi connectivity index (χ3v) is 3.13. The van der Waals surface area contributed by atoms with Crippen LogP contribution in [0.1, 0.15) is 10.5 Å². The van der Waals surface area contributed by atoms with Crippen LogP contribution < -0.4 is 10.6 Å². The SMILES string of the molecule is CO[C@H]1CNCC1NC(=O)c1cc(Br)c[nH]1. The molecule has 6 heteroatoms. The number of carbonyl (C=O) groups is 1. The fourth-order valence-electron chi connectivity index (χ4n) is 1.79. The first kappa shape index (κ1) is 11.6. The van der Waals surface area contributed by atoms with Gasteiger partial charge < -0.3 is 20.4 Å². The summed E-state index contributed by atoms with van der Waals surface area (Å²) < 4.78 is 6.14. The van der Waals surface area contributed by atoms with Gasteiger partial charge in [-0.2, -0.15) is 0 Å². The lowest BCUT2D eigenvalue weighted by Crippen LogP contribution is -2.43. The molecule has 1 aliphatic rings. The summed E-state index contributed by atoms with van der Waals surface area (Å²) in [5.41, 5.74) is 0.550. The first-order chi connectivity index (χ1) is 7.70. The molecule has 0 saturated carbocycles. The molecule has 1 amide bonds. The highest BCUT2D eigenvalue weighted by Gasteiger charge is 2.28. The number of aromatic amines is 1. The third-order valence-electron chi connectivity index (χ3n) is 2.67. The monoisotopic (exact) mass is 287 g/mol. The highest BCUT2D eigenvalue weighted by Crippen LogP contribution is 2.11. The predicted molar refractivity (Wildman–Crippen MR) is 63.4 cm³/mol. The minimum Gasteiger partial charge on any atom is -0.378 e. The summed E-state index contributed by atoms with van der Waals surface area (Å²) in [7, 11) is 1.65. The zero-order valence-corrected chi connectivity index (χ0v) is 10.5. The normalized spacial score (nSPS) is 24.6. The number of hydrogen-bond donors (Lipinski definition) is 3. The quantitative estimate of drug-likeness (QED) is 0.758. The van der Waals surface area contributed by atoms with E-state index in [1.807, 2.05) is 0 Å². The van der Waals surface area contributed by atoms with E-state index in [1.165, 1.54) is 0 Å². The highest BCUT2D eigenvalue weighted by molar-refractivity contribution is 9.10. The molecule has 16 heavy (non-hydrogen) atoms. The molecular formula is C10H14BrN3O2. The Morgan fingerprint density at radius 1 is 1.62 bits per heavy atom. The van der Waals surface area contributed by atoms with Gasteiger partial charge in [0.25, 0.3) is 5.91 Å². The lowest BCUT2D eigenvalue weighted by atomic mass is 10.2. The summed E-state index contributed by atoms with van der Waals surface area (Å²) in [5.74, 6) is -0.110. The standard InChI is InChI=1S/C10H14BrN3O2/c1-16-9-5-12-4-8(9)14-10(15)7-2-6(11)3-13-7/h2-3,8-9,12-13H,4-5H2,1H3,(H,14,15)/t8?,9-/m0/s1. The predicted octanol–water partition coefficient (Wildman–Crippen LogP) is 0.494. The zero-order chi connectivity index (χ0) is 11.5. The van der Waals surface area contributed by atoms with Crippen molar-refractivity contribution in [3.05, 3.63) is 22.4 Å². The number of halogens is 1. The molecule has 0 aromatic carbocycles. The summed E-state index contributed by atoms with van der Waals surface area (Å²) in [6.45, 7) is 1.52. The lowest BCUT2D eigenvalue weighted by molar-refractivity contribution is 0.0777. The van der Waals surface area contributed by atoms with E-state index in [9.17, 15) is 4.79 Å². The Kier molecular flexibility index (Phi) is 3.63. The number of aromatic nitrogens is 1. The van der Waals surface area contributed by atoms with Crippen molar-refractivity contribution in [3.63, 3.8) is 0 Å². The Labute approximate surface area is 102 Å². The maximum atomic E-state index is 11.8. The molecule has 2 atom stereocenters. The molecule has 1 fully saturated rings. The molecule has 0 spiro atoms. The van der Waals surface area contributed by atoms with Gasteiger partial charge in [-0.1, -0.05) is 0 Å². The molecule has 88 valence electrons. The van der Waals surface area contributed by atoms with E-state index in [1.54, 1.807) is 19.4 Å². The molecular weight excluding hydrogens is 274 g/mol. The van der Waals surface area contributed by atoms with E-state index in [0.29, 0.717) is 5.69 Å². The van der Waals surface area contributed by atoms with Crippen LogP contribution in [0.3, 0.4) is 0 Å². The third kappa shape index (κ3) is 2.45. The van der Waals surface area contributed by atoms with E-state index in [-0.39, 0.29) is 18.1 Å². The topological polar surface area (TPSA) is 66.2 Å². The van der Waals surface area contributed by atoms with E-state index < -0.39 is 0 Å². The minimum atomic E-state index is -0.110. The molecule has 0 aliphatic carbocycles. The number of hydrogen-bond acceptors (Lipinski definition) is 3. The molecule has 5 nitrogen and oxygen atoms in total. The van der Waals surface area contributed by atoms with Crippen molar-refractivity contribution in [2.75, 3.05) is 20.2 Å². The molecule has 1 saturated heterocycles. The van der Waals surface area contributed by atoms with Crippen LogP contribution in [0.25, 0.3) is 0 Å². The number of methoxy groups -OCH3 is 1. The van der Waals surface area contributed by atoms with Gasteiger partial charge in [0.15, 0.2) is 0 Å². The second-order valence-corrected chi connectivity index (χ2v) is 4.66. The Morgan fingerprint density at radius 3 is 3.06 bits per heavy atom. The van der Waals surface area contributed by atoms with Crippen LogP contribution in [0, 0.1) is 0 Å². The Hall–Kier alpha value is -0.850. The summed E-state index contributed by atoms with van der Waals surface area (Å²) in [6, 6.07) is 1.78. The summed E-state index contributed by atoms with van der Waals surface area (Å²) >= 11 is 3.29. The summed E-state index contributed by atoms with van der Waals surface area (Å²) in [5, 5.41) is 6.11. The van der Waals surface area contributed by atoms with Crippen LogP contribution in [-0.4, -0.2) is 43.2 Å². The molecule has 1 unspecified atom stereocenters. The maximum absolute atomic E-state index is 11.8. The fourth-order valence-corrected chi connectivity index (χ4v) is 2.13.